The number of piperidine rings is 1. The minimum Gasteiger partial charge on any atom is -0.468 e. The Balaban J connectivity index is 2.82. The standard InChI is InChI=1S/C16H32N2O4Si/c1-8-9-21-18-13-11-17-12(15(19)20-5)10-14(13)22-23(6,7)16(2,3)4/h8,12-14,17-18H,1,9-11H2,2-7H3/t12-,13-,14-/m0/s1. The van der Waals surface area contributed by atoms with E-state index in [-0.39, 0.29) is 29.2 Å². The van der Waals surface area contributed by atoms with E-state index in [1.807, 2.05) is 0 Å². The van der Waals surface area contributed by atoms with E-state index in [1.54, 1.807) is 6.08 Å². The van der Waals surface area contributed by atoms with Crippen molar-refractivity contribution in [3.8, 4) is 0 Å². The highest BCUT2D eigenvalue weighted by Crippen LogP contribution is 2.38. The van der Waals surface area contributed by atoms with Crippen molar-refractivity contribution < 1.29 is 18.8 Å². The molecule has 3 atom stereocenters. The minimum atomic E-state index is -1.95. The van der Waals surface area contributed by atoms with Gasteiger partial charge < -0.3 is 14.5 Å². The number of rotatable bonds is 7. The number of esters is 1. The van der Waals surface area contributed by atoms with Crippen LogP contribution >= 0.6 is 0 Å². The van der Waals surface area contributed by atoms with Crippen molar-refractivity contribution in [2.24, 2.45) is 0 Å². The number of nitrogens with one attached hydrogen (secondary N) is 2. The van der Waals surface area contributed by atoms with Crippen LogP contribution < -0.4 is 10.8 Å². The number of hydrogen-bond acceptors (Lipinski definition) is 6. The van der Waals surface area contributed by atoms with Crippen LogP contribution in [-0.2, 0) is 18.8 Å². The molecule has 0 aromatic heterocycles. The smallest absolute Gasteiger partial charge is 0.322 e. The number of ether oxygens (including phenoxy) is 1. The summed E-state index contributed by atoms with van der Waals surface area (Å²) in [4.78, 5) is 17.2. The summed E-state index contributed by atoms with van der Waals surface area (Å²) in [5, 5.41) is 3.30. The molecule has 6 nitrogen and oxygen atoms in total. The fourth-order valence-electron chi connectivity index (χ4n) is 2.22. The molecule has 1 aliphatic heterocycles. The zero-order valence-corrected chi connectivity index (χ0v) is 16.3. The van der Waals surface area contributed by atoms with E-state index in [0.717, 1.165) is 0 Å². The Morgan fingerprint density at radius 2 is 2.09 bits per heavy atom. The van der Waals surface area contributed by atoms with Crippen molar-refractivity contribution in [3.05, 3.63) is 12.7 Å². The van der Waals surface area contributed by atoms with Crippen molar-refractivity contribution in [1.29, 1.82) is 0 Å². The monoisotopic (exact) mass is 344 g/mol. The molecular formula is C16H32N2O4Si. The minimum absolute atomic E-state index is 0.0232. The quantitative estimate of drug-likeness (QED) is 0.242. The van der Waals surface area contributed by atoms with Gasteiger partial charge in [-0.05, 0) is 18.1 Å². The van der Waals surface area contributed by atoms with Gasteiger partial charge in [-0.3, -0.25) is 9.63 Å². The third-order valence-corrected chi connectivity index (χ3v) is 9.18. The molecule has 0 aromatic rings. The Bertz CT molecular complexity index is 409. The largest absolute Gasteiger partial charge is 0.468 e. The summed E-state index contributed by atoms with van der Waals surface area (Å²) >= 11 is 0. The molecular weight excluding hydrogens is 312 g/mol. The fourth-order valence-corrected chi connectivity index (χ4v) is 3.59. The van der Waals surface area contributed by atoms with Crippen LogP contribution in [0, 0.1) is 0 Å². The summed E-state index contributed by atoms with van der Waals surface area (Å²) < 4.78 is 11.4. The van der Waals surface area contributed by atoms with Crippen LogP contribution in [0.1, 0.15) is 27.2 Å². The predicted molar refractivity (Wildman–Crippen MR) is 93.6 cm³/mol. The molecule has 0 unspecified atom stereocenters. The molecule has 0 aliphatic carbocycles. The number of methoxy groups -OCH3 is 1. The molecule has 7 heteroatoms. The highest BCUT2D eigenvalue weighted by atomic mass is 28.4. The molecule has 2 N–H and O–H groups in total. The van der Waals surface area contributed by atoms with E-state index in [9.17, 15) is 4.79 Å². The molecule has 1 saturated heterocycles. The van der Waals surface area contributed by atoms with Crippen LogP contribution in [0.3, 0.4) is 0 Å². The first-order valence-electron chi connectivity index (χ1n) is 8.09. The van der Waals surface area contributed by atoms with Crippen molar-refractivity contribution >= 4 is 14.3 Å². The molecule has 0 radical (unpaired) electrons. The fraction of sp³-hybridized carbons (Fsp3) is 0.812. The molecule has 0 spiro atoms. The van der Waals surface area contributed by atoms with Gasteiger partial charge in [0.15, 0.2) is 8.32 Å². The zero-order valence-electron chi connectivity index (χ0n) is 15.3. The Kier molecular flexibility index (Phi) is 7.41. The van der Waals surface area contributed by atoms with Crippen LogP contribution in [0.5, 0.6) is 0 Å². The van der Waals surface area contributed by atoms with E-state index in [1.165, 1.54) is 7.11 Å². The molecule has 1 aliphatic rings. The van der Waals surface area contributed by atoms with E-state index in [4.69, 9.17) is 14.0 Å². The lowest BCUT2D eigenvalue weighted by Gasteiger charge is -2.44. The lowest BCUT2D eigenvalue weighted by Crippen LogP contribution is -2.61. The topological polar surface area (TPSA) is 68.8 Å². The number of carbonyl (C=O) groups is 1. The molecule has 1 rings (SSSR count). The van der Waals surface area contributed by atoms with Gasteiger partial charge in [0.2, 0.25) is 0 Å². The maximum Gasteiger partial charge on any atom is 0.322 e. The lowest BCUT2D eigenvalue weighted by atomic mass is 9.98. The highest BCUT2D eigenvalue weighted by Gasteiger charge is 2.43. The lowest BCUT2D eigenvalue weighted by molar-refractivity contribution is -0.145. The summed E-state index contributed by atoms with van der Waals surface area (Å²) in [5.74, 6) is -0.251. The van der Waals surface area contributed by atoms with Crippen LogP contribution in [0.15, 0.2) is 12.7 Å². The Morgan fingerprint density at radius 1 is 1.43 bits per heavy atom. The van der Waals surface area contributed by atoms with Gasteiger partial charge in [-0.15, -0.1) is 6.58 Å². The summed E-state index contributed by atoms with van der Waals surface area (Å²) in [6, 6.07) is -0.364. The van der Waals surface area contributed by atoms with Crippen LogP contribution in [0.4, 0.5) is 0 Å². The molecule has 134 valence electrons. The maximum absolute atomic E-state index is 11.8. The van der Waals surface area contributed by atoms with Crippen molar-refractivity contribution in [2.75, 3.05) is 20.3 Å². The second-order valence-electron chi connectivity index (χ2n) is 7.46. The SMILES string of the molecule is C=CCON[C@H]1CN[C@H](C(=O)OC)C[C@@H]1O[Si](C)(C)C(C)(C)C. The van der Waals surface area contributed by atoms with Crippen molar-refractivity contribution in [2.45, 2.75) is 63.5 Å². The Labute approximate surface area is 141 Å². The molecule has 1 heterocycles. The van der Waals surface area contributed by atoms with Gasteiger partial charge in [-0.2, -0.15) is 5.48 Å². The summed E-state index contributed by atoms with van der Waals surface area (Å²) in [5.41, 5.74) is 3.04. The molecule has 0 aromatic carbocycles. The van der Waals surface area contributed by atoms with Gasteiger partial charge in [-0.25, -0.2) is 0 Å². The van der Waals surface area contributed by atoms with Crippen LogP contribution in [0.25, 0.3) is 0 Å². The molecule has 0 saturated carbocycles. The van der Waals surface area contributed by atoms with Gasteiger partial charge in [0, 0.05) is 13.0 Å². The van der Waals surface area contributed by atoms with E-state index < -0.39 is 8.32 Å². The summed E-state index contributed by atoms with van der Waals surface area (Å²) in [6.07, 6.45) is 2.14. The van der Waals surface area contributed by atoms with E-state index in [0.29, 0.717) is 19.6 Å². The van der Waals surface area contributed by atoms with Crippen molar-refractivity contribution in [1.82, 2.24) is 10.8 Å². The first-order valence-corrected chi connectivity index (χ1v) is 11.0. The molecule has 0 bridgehead atoms. The first-order chi connectivity index (χ1) is 10.6. The third-order valence-electron chi connectivity index (χ3n) is 4.67. The second kappa shape index (κ2) is 8.39. The average Bonchev–Trinajstić information content (AvgIpc) is 2.46. The summed E-state index contributed by atoms with van der Waals surface area (Å²) in [7, 11) is -0.544. The number of hydroxylamine groups is 1. The highest BCUT2D eigenvalue weighted by molar-refractivity contribution is 6.74. The summed E-state index contributed by atoms with van der Waals surface area (Å²) in [6.45, 7) is 15.7. The normalized spacial score (nSPS) is 25.9. The number of hydrogen-bond donors (Lipinski definition) is 2. The maximum atomic E-state index is 11.8. The Morgan fingerprint density at radius 3 is 2.61 bits per heavy atom. The predicted octanol–water partition coefficient (Wildman–Crippen LogP) is 1.99. The molecule has 1 fully saturated rings. The van der Waals surface area contributed by atoms with Crippen molar-refractivity contribution in [3.63, 3.8) is 0 Å². The van der Waals surface area contributed by atoms with Crippen LogP contribution in [0.2, 0.25) is 18.1 Å². The zero-order chi connectivity index (χ0) is 17.7. The van der Waals surface area contributed by atoms with Gasteiger partial charge in [0.25, 0.3) is 0 Å². The second-order valence-corrected chi connectivity index (χ2v) is 12.2. The van der Waals surface area contributed by atoms with Gasteiger partial charge >= 0.3 is 5.97 Å². The molecule has 0 amide bonds. The van der Waals surface area contributed by atoms with Gasteiger partial charge in [0.1, 0.15) is 6.04 Å². The third kappa shape index (κ3) is 5.68. The first kappa shape index (κ1) is 20.3. The molecule has 23 heavy (non-hydrogen) atoms. The number of carbonyl (C=O) groups excluding carboxylic acids is 1. The van der Waals surface area contributed by atoms with Crippen LogP contribution in [-0.4, -0.2) is 52.7 Å². The average molecular weight is 345 g/mol. The van der Waals surface area contributed by atoms with Gasteiger partial charge in [0.05, 0.1) is 25.9 Å². The van der Waals surface area contributed by atoms with Gasteiger partial charge in [-0.1, -0.05) is 26.8 Å². The van der Waals surface area contributed by atoms with E-state index in [2.05, 4.69) is 51.2 Å². The Hall–Kier alpha value is -0.733. The van der Waals surface area contributed by atoms with E-state index >= 15 is 0 Å².